The molecule has 6 nitrogen and oxygen atoms in total. The highest BCUT2D eigenvalue weighted by Crippen LogP contribution is 2.51. The van der Waals surface area contributed by atoms with Crippen LogP contribution in [0.2, 0.25) is 0 Å². The molecular weight excluding hydrogens is 360 g/mol. The molecule has 28 heavy (non-hydrogen) atoms. The Morgan fingerprint density at radius 2 is 1.25 bits per heavy atom. The van der Waals surface area contributed by atoms with E-state index in [1.165, 1.54) is 0 Å². The smallest absolute Gasteiger partial charge is 0.203 e. The van der Waals surface area contributed by atoms with Crippen molar-refractivity contribution >= 4 is 6.08 Å². The topological polar surface area (TPSA) is 55.4 Å². The first-order chi connectivity index (χ1) is 13.6. The minimum atomic E-state index is -0.00971. The summed E-state index contributed by atoms with van der Waals surface area (Å²) in [6.07, 6.45) is 4.99. The van der Waals surface area contributed by atoms with Crippen molar-refractivity contribution in [1.29, 1.82) is 0 Å². The highest BCUT2D eigenvalue weighted by molar-refractivity contribution is 5.72. The third kappa shape index (κ3) is 3.19. The van der Waals surface area contributed by atoms with Crippen molar-refractivity contribution in [1.82, 2.24) is 0 Å². The predicted molar refractivity (Wildman–Crippen MR) is 108 cm³/mol. The first-order valence-corrected chi connectivity index (χ1v) is 8.92. The van der Waals surface area contributed by atoms with Crippen LogP contribution in [0.5, 0.6) is 34.5 Å². The summed E-state index contributed by atoms with van der Waals surface area (Å²) in [5.41, 5.74) is 3.02. The Balaban J connectivity index is 2.27. The molecule has 3 rings (SSSR count). The highest BCUT2D eigenvalue weighted by atomic mass is 16.5. The number of rotatable bonds is 7. The minimum absolute atomic E-state index is 0.00971. The van der Waals surface area contributed by atoms with Gasteiger partial charge in [0.15, 0.2) is 23.0 Å². The average molecular weight is 386 g/mol. The summed E-state index contributed by atoms with van der Waals surface area (Å²) in [4.78, 5) is 0. The third-order valence-electron chi connectivity index (χ3n) is 5.03. The summed E-state index contributed by atoms with van der Waals surface area (Å²) in [6, 6.07) is 5.77. The van der Waals surface area contributed by atoms with E-state index in [0.29, 0.717) is 28.7 Å². The number of hydrogen-bond acceptors (Lipinski definition) is 6. The molecule has 0 amide bonds. The molecule has 0 saturated carbocycles. The first kappa shape index (κ1) is 19.7. The molecule has 0 aliphatic heterocycles. The standard InChI is InChI=1S/C22H26O6/c1-23-16-12-18(25-3)17(24-2)11-15(16)14-9-7-8-13-10-19(26-4)21(27-5)22(28-6)20(13)14/h7-8,10-12,14H,9H2,1-6H3/t14-/m0/s1. The van der Waals surface area contributed by atoms with Crippen LogP contribution >= 0.6 is 0 Å². The molecular formula is C22H26O6. The molecule has 0 heterocycles. The van der Waals surface area contributed by atoms with Gasteiger partial charge in [0.25, 0.3) is 0 Å². The van der Waals surface area contributed by atoms with Crippen LogP contribution in [0.1, 0.15) is 29.0 Å². The maximum atomic E-state index is 5.77. The zero-order valence-corrected chi connectivity index (χ0v) is 17.1. The zero-order valence-electron chi connectivity index (χ0n) is 17.1. The highest BCUT2D eigenvalue weighted by Gasteiger charge is 2.30. The second-order valence-electron chi connectivity index (χ2n) is 6.29. The van der Waals surface area contributed by atoms with Gasteiger partial charge in [-0.2, -0.15) is 0 Å². The van der Waals surface area contributed by atoms with Crippen molar-refractivity contribution < 1.29 is 28.4 Å². The number of ether oxygens (including phenoxy) is 6. The number of fused-ring (bicyclic) bond motifs is 1. The maximum Gasteiger partial charge on any atom is 0.203 e. The van der Waals surface area contributed by atoms with E-state index in [1.807, 2.05) is 18.2 Å². The van der Waals surface area contributed by atoms with Crippen molar-refractivity contribution in [3.63, 3.8) is 0 Å². The van der Waals surface area contributed by atoms with Crippen LogP contribution in [0.4, 0.5) is 0 Å². The van der Waals surface area contributed by atoms with E-state index >= 15 is 0 Å². The van der Waals surface area contributed by atoms with E-state index in [0.717, 1.165) is 28.9 Å². The van der Waals surface area contributed by atoms with Gasteiger partial charge in [0.2, 0.25) is 5.75 Å². The van der Waals surface area contributed by atoms with Crippen molar-refractivity contribution in [2.24, 2.45) is 0 Å². The molecule has 6 heteroatoms. The first-order valence-electron chi connectivity index (χ1n) is 8.92. The molecule has 0 saturated heterocycles. The van der Waals surface area contributed by atoms with Gasteiger partial charge in [-0.05, 0) is 24.1 Å². The van der Waals surface area contributed by atoms with Crippen LogP contribution in [0.15, 0.2) is 24.3 Å². The lowest BCUT2D eigenvalue weighted by atomic mass is 9.80. The quantitative estimate of drug-likeness (QED) is 0.708. The normalized spacial score (nSPS) is 14.9. The Bertz CT molecular complexity index is 887. The van der Waals surface area contributed by atoms with Gasteiger partial charge in [-0.1, -0.05) is 12.2 Å². The summed E-state index contributed by atoms with van der Waals surface area (Å²) in [5.74, 6) is 3.84. The Morgan fingerprint density at radius 1 is 0.643 bits per heavy atom. The molecule has 0 radical (unpaired) electrons. The predicted octanol–water partition coefficient (Wildman–Crippen LogP) is 4.29. The van der Waals surface area contributed by atoms with Gasteiger partial charge < -0.3 is 28.4 Å². The maximum absolute atomic E-state index is 5.77. The molecule has 2 aromatic carbocycles. The molecule has 0 fully saturated rings. The van der Waals surface area contributed by atoms with E-state index in [1.54, 1.807) is 42.7 Å². The van der Waals surface area contributed by atoms with Crippen LogP contribution in [0.3, 0.4) is 0 Å². The molecule has 1 aliphatic rings. The fraction of sp³-hybridized carbons (Fsp3) is 0.364. The van der Waals surface area contributed by atoms with E-state index in [2.05, 4.69) is 12.2 Å². The van der Waals surface area contributed by atoms with E-state index < -0.39 is 0 Å². The molecule has 1 atom stereocenters. The lowest BCUT2D eigenvalue weighted by Gasteiger charge is -2.28. The fourth-order valence-electron chi connectivity index (χ4n) is 3.75. The lowest BCUT2D eigenvalue weighted by molar-refractivity contribution is 0.320. The SMILES string of the molecule is COc1cc(OC)c([C@@H]2CC=Cc3cc(OC)c(OC)c(OC)c32)cc1OC. The van der Waals surface area contributed by atoms with Crippen molar-refractivity contribution in [2.75, 3.05) is 42.7 Å². The van der Waals surface area contributed by atoms with Crippen molar-refractivity contribution in [2.45, 2.75) is 12.3 Å². The van der Waals surface area contributed by atoms with Crippen LogP contribution in [0, 0.1) is 0 Å². The number of hydrogen-bond donors (Lipinski definition) is 0. The minimum Gasteiger partial charge on any atom is -0.496 e. The molecule has 0 aromatic heterocycles. The lowest BCUT2D eigenvalue weighted by Crippen LogP contribution is -2.11. The molecule has 1 aliphatic carbocycles. The summed E-state index contributed by atoms with van der Waals surface area (Å²) in [6.45, 7) is 0. The van der Waals surface area contributed by atoms with E-state index in [9.17, 15) is 0 Å². The largest absolute Gasteiger partial charge is 0.496 e. The zero-order chi connectivity index (χ0) is 20.3. The van der Waals surface area contributed by atoms with Crippen molar-refractivity contribution in [3.05, 3.63) is 41.0 Å². The van der Waals surface area contributed by atoms with E-state index in [-0.39, 0.29) is 5.92 Å². The number of allylic oxidation sites excluding steroid dienone is 1. The van der Waals surface area contributed by atoms with Gasteiger partial charge in [-0.15, -0.1) is 0 Å². The molecule has 0 unspecified atom stereocenters. The number of methoxy groups -OCH3 is 6. The molecule has 0 N–H and O–H groups in total. The summed E-state index contributed by atoms with van der Waals surface area (Å²) < 4.78 is 33.5. The van der Waals surface area contributed by atoms with Crippen LogP contribution < -0.4 is 28.4 Å². The second kappa shape index (κ2) is 8.33. The van der Waals surface area contributed by atoms with E-state index in [4.69, 9.17) is 28.4 Å². The third-order valence-corrected chi connectivity index (χ3v) is 5.03. The van der Waals surface area contributed by atoms with Gasteiger partial charge in [0.05, 0.1) is 42.7 Å². The Morgan fingerprint density at radius 3 is 1.82 bits per heavy atom. The molecule has 0 spiro atoms. The van der Waals surface area contributed by atoms with Gasteiger partial charge in [0, 0.05) is 23.1 Å². The summed E-state index contributed by atoms with van der Waals surface area (Å²) in [7, 11) is 9.74. The van der Waals surface area contributed by atoms with Gasteiger partial charge in [-0.3, -0.25) is 0 Å². The number of benzene rings is 2. The Hall–Kier alpha value is -3.02. The van der Waals surface area contributed by atoms with Gasteiger partial charge >= 0.3 is 0 Å². The molecule has 150 valence electrons. The monoisotopic (exact) mass is 386 g/mol. The summed E-state index contributed by atoms with van der Waals surface area (Å²) in [5, 5.41) is 0. The van der Waals surface area contributed by atoms with Crippen LogP contribution in [0.25, 0.3) is 6.08 Å². The summed E-state index contributed by atoms with van der Waals surface area (Å²) >= 11 is 0. The van der Waals surface area contributed by atoms with Crippen LogP contribution in [-0.4, -0.2) is 42.7 Å². The van der Waals surface area contributed by atoms with Crippen molar-refractivity contribution in [3.8, 4) is 34.5 Å². The molecule has 2 aromatic rings. The van der Waals surface area contributed by atoms with Crippen LogP contribution in [-0.2, 0) is 0 Å². The fourth-order valence-corrected chi connectivity index (χ4v) is 3.75. The second-order valence-corrected chi connectivity index (χ2v) is 6.29. The van der Waals surface area contributed by atoms with Gasteiger partial charge in [-0.25, -0.2) is 0 Å². The Kier molecular flexibility index (Phi) is 5.87. The van der Waals surface area contributed by atoms with Gasteiger partial charge in [0.1, 0.15) is 5.75 Å². The average Bonchev–Trinajstić information content (AvgIpc) is 2.75. The molecule has 0 bridgehead atoms. The Labute approximate surface area is 165 Å².